The lowest BCUT2D eigenvalue weighted by molar-refractivity contribution is 0.0696. The Morgan fingerprint density at radius 3 is 2.58 bits per heavy atom. The molecule has 6 heteroatoms. The van der Waals surface area contributed by atoms with Gasteiger partial charge in [0, 0.05) is 6.20 Å². The molecule has 1 atom stereocenters. The van der Waals surface area contributed by atoms with Gasteiger partial charge in [0.15, 0.2) is 0 Å². The number of carboxylic acids is 1. The number of carbonyl (C=O) groups excluding carboxylic acids is 1. The van der Waals surface area contributed by atoms with Crippen molar-refractivity contribution in [3.05, 3.63) is 59.4 Å². The molecule has 1 unspecified atom stereocenters. The van der Waals surface area contributed by atoms with E-state index in [0.717, 1.165) is 11.3 Å². The van der Waals surface area contributed by atoms with Gasteiger partial charge in [0.1, 0.15) is 11.4 Å². The zero-order chi connectivity index (χ0) is 17.7. The standard InChI is InChI=1S/C18H20N2O4/c1-11(2)24-15-6-4-5-13(9-15)12(3)20-17(21)16-10-14(18(22)23)7-8-19-16/h4-12H,1-3H3,(H,20,21)(H,22,23). The van der Waals surface area contributed by atoms with Crippen LogP contribution in [0.15, 0.2) is 42.6 Å². The zero-order valence-corrected chi connectivity index (χ0v) is 13.8. The van der Waals surface area contributed by atoms with Gasteiger partial charge in [-0.1, -0.05) is 12.1 Å². The molecule has 1 amide bonds. The Kier molecular flexibility index (Phi) is 5.52. The van der Waals surface area contributed by atoms with Crippen LogP contribution >= 0.6 is 0 Å². The Bertz CT molecular complexity index is 743. The van der Waals surface area contributed by atoms with Gasteiger partial charge in [0.2, 0.25) is 0 Å². The highest BCUT2D eigenvalue weighted by Crippen LogP contribution is 2.20. The molecule has 2 rings (SSSR count). The number of ether oxygens (including phenoxy) is 1. The fourth-order valence-corrected chi connectivity index (χ4v) is 2.17. The van der Waals surface area contributed by atoms with E-state index < -0.39 is 11.9 Å². The molecule has 2 N–H and O–H groups in total. The molecule has 2 aromatic rings. The second kappa shape index (κ2) is 7.59. The van der Waals surface area contributed by atoms with Gasteiger partial charge in [-0.05, 0) is 50.6 Å². The van der Waals surface area contributed by atoms with E-state index in [1.165, 1.54) is 18.3 Å². The molecule has 1 heterocycles. The van der Waals surface area contributed by atoms with Crippen LogP contribution in [0, 0.1) is 0 Å². The number of nitrogens with zero attached hydrogens (tertiary/aromatic N) is 1. The van der Waals surface area contributed by atoms with Crippen LogP contribution in [0.5, 0.6) is 5.75 Å². The Morgan fingerprint density at radius 1 is 1.17 bits per heavy atom. The van der Waals surface area contributed by atoms with E-state index in [0.29, 0.717) is 0 Å². The number of carbonyl (C=O) groups is 2. The quantitative estimate of drug-likeness (QED) is 0.851. The number of carboxylic acid groups (broad SMARTS) is 1. The summed E-state index contributed by atoms with van der Waals surface area (Å²) in [5, 5.41) is 11.8. The van der Waals surface area contributed by atoms with E-state index in [1.807, 2.05) is 45.0 Å². The molecule has 0 saturated heterocycles. The molecule has 126 valence electrons. The van der Waals surface area contributed by atoms with E-state index in [9.17, 15) is 9.59 Å². The van der Waals surface area contributed by atoms with Crippen LogP contribution < -0.4 is 10.1 Å². The molecule has 0 aliphatic carbocycles. The molecule has 0 radical (unpaired) electrons. The van der Waals surface area contributed by atoms with Crippen LogP contribution in [-0.2, 0) is 0 Å². The van der Waals surface area contributed by atoms with Crippen LogP contribution in [0.2, 0.25) is 0 Å². The van der Waals surface area contributed by atoms with Gasteiger partial charge in [-0.15, -0.1) is 0 Å². The lowest BCUT2D eigenvalue weighted by atomic mass is 10.1. The van der Waals surface area contributed by atoms with Crippen molar-refractivity contribution in [3.8, 4) is 5.75 Å². The van der Waals surface area contributed by atoms with Crippen LogP contribution in [0.25, 0.3) is 0 Å². The summed E-state index contributed by atoms with van der Waals surface area (Å²) in [7, 11) is 0. The first-order chi connectivity index (χ1) is 11.4. The van der Waals surface area contributed by atoms with Gasteiger partial charge >= 0.3 is 5.97 Å². The fraction of sp³-hybridized carbons (Fsp3) is 0.278. The molecule has 6 nitrogen and oxygen atoms in total. The number of pyridine rings is 1. The van der Waals surface area contributed by atoms with Crippen molar-refractivity contribution in [2.75, 3.05) is 0 Å². The zero-order valence-electron chi connectivity index (χ0n) is 13.8. The first-order valence-electron chi connectivity index (χ1n) is 7.63. The number of rotatable bonds is 6. The number of amides is 1. The number of hydrogen-bond donors (Lipinski definition) is 2. The molecule has 0 aliphatic rings. The fourth-order valence-electron chi connectivity index (χ4n) is 2.17. The Balaban J connectivity index is 2.11. The molecule has 1 aromatic heterocycles. The van der Waals surface area contributed by atoms with Gasteiger partial charge in [-0.25, -0.2) is 4.79 Å². The first-order valence-corrected chi connectivity index (χ1v) is 7.63. The minimum Gasteiger partial charge on any atom is -0.491 e. The predicted octanol–water partition coefficient (Wildman–Crippen LogP) is 3.06. The van der Waals surface area contributed by atoms with Crippen molar-refractivity contribution in [1.82, 2.24) is 10.3 Å². The van der Waals surface area contributed by atoms with Crippen molar-refractivity contribution in [2.24, 2.45) is 0 Å². The Labute approximate surface area is 140 Å². The molecular formula is C18H20N2O4. The van der Waals surface area contributed by atoms with E-state index in [1.54, 1.807) is 0 Å². The van der Waals surface area contributed by atoms with Crippen molar-refractivity contribution >= 4 is 11.9 Å². The van der Waals surface area contributed by atoms with E-state index in [-0.39, 0.29) is 23.4 Å². The number of benzene rings is 1. The third-order valence-electron chi connectivity index (χ3n) is 3.32. The van der Waals surface area contributed by atoms with Crippen LogP contribution in [0.3, 0.4) is 0 Å². The highest BCUT2D eigenvalue weighted by atomic mass is 16.5. The van der Waals surface area contributed by atoms with Gasteiger partial charge in [-0.2, -0.15) is 0 Å². The van der Waals surface area contributed by atoms with Crippen molar-refractivity contribution < 1.29 is 19.4 Å². The second-order valence-electron chi connectivity index (χ2n) is 5.67. The third-order valence-corrected chi connectivity index (χ3v) is 3.32. The minimum absolute atomic E-state index is 0.0233. The topological polar surface area (TPSA) is 88.5 Å². The van der Waals surface area contributed by atoms with E-state index in [4.69, 9.17) is 9.84 Å². The largest absolute Gasteiger partial charge is 0.491 e. The summed E-state index contributed by atoms with van der Waals surface area (Å²) < 4.78 is 5.65. The van der Waals surface area contributed by atoms with Crippen LogP contribution in [0.4, 0.5) is 0 Å². The van der Waals surface area contributed by atoms with Crippen LogP contribution in [0.1, 0.15) is 53.2 Å². The van der Waals surface area contributed by atoms with Gasteiger partial charge in [0.25, 0.3) is 5.91 Å². The van der Waals surface area contributed by atoms with Crippen molar-refractivity contribution in [3.63, 3.8) is 0 Å². The summed E-state index contributed by atoms with van der Waals surface area (Å²) in [6.45, 7) is 5.73. The molecule has 0 fully saturated rings. The Hall–Kier alpha value is -2.89. The van der Waals surface area contributed by atoms with Crippen molar-refractivity contribution in [2.45, 2.75) is 32.9 Å². The number of aromatic carboxylic acids is 1. The van der Waals surface area contributed by atoms with Gasteiger partial charge < -0.3 is 15.2 Å². The minimum atomic E-state index is -1.10. The second-order valence-corrected chi connectivity index (χ2v) is 5.67. The van der Waals surface area contributed by atoms with E-state index in [2.05, 4.69) is 10.3 Å². The lowest BCUT2D eigenvalue weighted by Gasteiger charge is -2.16. The average Bonchev–Trinajstić information content (AvgIpc) is 2.54. The highest BCUT2D eigenvalue weighted by molar-refractivity contribution is 5.95. The smallest absolute Gasteiger partial charge is 0.335 e. The number of nitrogens with one attached hydrogen (secondary N) is 1. The molecular weight excluding hydrogens is 308 g/mol. The molecule has 0 bridgehead atoms. The monoisotopic (exact) mass is 328 g/mol. The van der Waals surface area contributed by atoms with Crippen LogP contribution in [-0.4, -0.2) is 28.1 Å². The maximum Gasteiger partial charge on any atom is 0.335 e. The molecule has 0 saturated carbocycles. The van der Waals surface area contributed by atoms with E-state index >= 15 is 0 Å². The summed E-state index contributed by atoms with van der Waals surface area (Å²) in [5.41, 5.74) is 0.974. The first kappa shape index (κ1) is 17.5. The van der Waals surface area contributed by atoms with Gasteiger partial charge in [0.05, 0.1) is 17.7 Å². The Morgan fingerprint density at radius 2 is 1.92 bits per heavy atom. The van der Waals surface area contributed by atoms with Crippen molar-refractivity contribution in [1.29, 1.82) is 0 Å². The normalized spacial score (nSPS) is 11.8. The summed E-state index contributed by atoms with van der Waals surface area (Å²) in [6.07, 6.45) is 1.37. The summed E-state index contributed by atoms with van der Waals surface area (Å²) in [5.74, 6) is -0.798. The maximum atomic E-state index is 12.3. The SMILES string of the molecule is CC(C)Oc1cccc(C(C)NC(=O)c2cc(C(=O)O)ccn2)c1. The predicted molar refractivity (Wildman–Crippen MR) is 89.3 cm³/mol. The van der Waals surface area contributed by atoms with Gasteiger partial charge in [-0.3, -0.25) is 9.78 Å². The summed E-state index contributed by atoms with van der Waals surface area (Å²) in [6, 6.07) is 9.79. The number of aromatic nitrogens is 1. The average molecular weight is 328 g/mol. The maximum absolute atomic E-state index is 12.3. The summed E-state index contributed by atoms with van der Waals surface area (Å²) in [4.78, 5) is 27.2. The summed E-state index contributed by atoms with van der Waals surface area (Å²) >= 11 is 0. The third kappa shape index (κ3) is 4.55. The number of hydrogen-bond acceptors (Lipinski definition) is 4. The molecule has 1 aromatic carbocycles. The lowest BCUT2D eigenvalue weighted by Crippen LogP contribution is -2.27. The molecule has 0 aliphatic heterocycles. The molecule has 0 spiro atoms. The highest BCUT2D eigenvalue weighted by Gasteiger charge is 2.15. The molecule has 24 heavy (non-hydrogen) atoms.